The monoisotopic (exact) mass is 655 g/mol. The van der Waals surface area contributed by atoms with Crippen LogP contribution in [0.4, 0.5) is 4.39 Å². The highest BCUT2D eigenvalue weighted by Gasteiger charge is 2.69. The minimum atomic E-state index is -0.951. The van der Waals surface area contributed by atoms with Crippen LogP contribution in [0.15, 0.2) is 24.3 Å². The van der Waals surface area contributed by atoms with Gasteiger partial charge in [0.05, 0.1) is 11.9 Å². The van der Waals surface area contributed by atoms with E-state index in [9.17, 15) is 28.4 Å². The number of halogens is 2. The van der Waals surface area contributed by atoms with Gasteiger partial charge in [-0.1, -0.05) is 39.2 Å². The third-order valence-electron chi connectivity index (χ3n) is 11.0. The number of hydrogen-bond donors (Lipinski definition) is 4. The molecule has 6 rings (SSSR count). The van der Waals surface area contributed by atoms with Crippen molar-refractivity contribution < 1.29 is 28.4 Å². The molecule has 2 saturated carbocycles. The van der Waals surface area contributed by atoms with Gasteiger partial charge in [-0.25, -0.2) is 4.39 Å². The summed E-state index contributed by atoms with van der Waals surface area (Å²) in [7, 11) is 0. The number of ketones is 1. The Hall–Kier alpha value is -3.47. The Morgan fingerprint density at radius 2 is 1.85 bits per heavy atom. The minimum absolute atomic E-state index is 0.0953. The first-order valence-electron chi connectivity index (χ1n) is 16.6. The summed E-state index contributed by atoms with van der Waals surface area (Å²) in [6.07, 6.45) is 5.99. The van der Waals surface area contributed by atoms with Gasteiger partial charge in [-0.3, -0.25) is 24.0 Å². The number of Topliss-reactive ketones (excluding diaryl/α,β-unsaturated/α-hetero) is 1. The number of aromatic nitrogens is 1. The van der Waals surface area contributed by atoms with Crippen LogP contribution in [-0.2, 0) is 19.2 Å². The van der Waals surface area contributed by atoms with Gasteiger partial charge in [0.25, 0.3) is 5.91 Å². The Labute approximate surface area is 272 Å². The van der Waals surface area contributed by atoms with Gasteiger partial charge in [0.2, 0.25) is 17.7 Å². The molecule has 4 fully saturated rings. The van der Waals surface area contributed by atoms with E-state index in [1.165, 1.54) is 12.1 Å². The molecule has 2 aromatic rings. The van der Waals surface area contributed by atoms with Crippen molar-refractivity contribution in [2.75, 3.05) is 19.0 Å². The Morgan fingerprint density at radius 3 is 2.54 bits per heavy atom. The highest BCUT2D eigenvalue weighted by atomic mass is 35.5. The lowest BCUT2D eigenvalue weighted by atomic mass is 9.83. The molecule has 1 aromatic carbocycles. The summed E-state index contributed by atoms with van der Waals surface area (Å²) in [5.74, 6) is -3.09. The summed E-state index contributed by atoms with van der Waals surface area (Å²) in [4.78, 5) is 72.1. The number of nitrogens with one attached hydrogen (secondary N) is 4. The van der Waals surface area contributed by atoms with E-state index in [4.69, 9.17) is 11.6 Å². The van der Waals surface area contributed by atoms with Crippen molar-refractivity contribution in [3.63, 3.8) is 0 Å². The van der Waals surface area contributed by atoms with Crippen molar-refractivity contribution in [3.8, 4) is 0 Å². The third-order valence-corrected chi connectivity index (χ3v) is 11.3. The van der Waals surface area contributed by atoms with Gasteiger partial charge in [-0.05, 0) is 73.5 Å². The van der Waals surface area contributed by atoms with E-state index in [1.54, 1.807) is 17.0 Å². The third kappa shape index (κ3) is 6.14. The molecule has 4 N–H and O–H groups in total. The summed E-state index contributed by atoms with van der Waals surface area (Å²) >= 11 is 5.94. The average molecular weight is 656 g/mol. The number of piperidine rings is 2. The Kier molecular flexibility index (Phi) is 9.15. The molecule has 0 spiro atoms. The van der Waals surface area contributed by atoms with E-state index >= 15 is 0 Å². The minimum Gasteiger partial charge on any atom is -0.356 e. The molecule has 0 unspecified atom stereocenters. The number of alkyl halides is 1. The number of aromatic amines is 1. The van der Waals surface area contributed by atoms with E-state index in [0.29, 0.717) is 30.4 Å². The first-order chi connectivity index (χ1) is 22.0. The van der Waals surface area contributed by atoms with E-state index in [0.717, 1.165) is 38.5 Å². The fraction of sp³-hybridized carbons (Fsp3) is 0.618. The lowest BCUT2D eigenvalue weighted by Gasteiger charge is -2.37. The topological polar surface area (TPSA) is 140 Å². The molecule has 2 aliphatic carbocycles. The van der Waals surface area contributed by atoms with Gasteiger partial charge in [-0.2, -0.15) is 0 Å². The molecule has 6 atom stereocenters. The number of nitrogens with zero attached hydrogens (tertiary/aromatic N) is 1. The smallest absolute Gasteiger partial charge is 0.268 e. The summed E-state index contributed by atoms with van der Waals surface area (Å²) in [6.45, 7) is 5.11. The van der Waals surface area contributed by atoms with Crippen molar-refractivity contribution in [3.05, 3.63) is 35.8 Å². The maximum Gasteiger partial charge on any atom is 0.268 e. The molecule has 0 bridgehead atoms. The quantitative estimate of drug-likeness (QED) is 0.289. The van der Waals surface area contributed by atoms with Gasteiger partial charge >= 0.3 is 0 Å². The maximum atomic E-state index is 14.5. The predicted molar refractivity (Wildman–Crippen MR) is 170 cm³/mol. The van der Waals surface area contributed by atoms with E-state index in [-0.39, 0.29) is 58.8 Å². The second-order valence-electron chi connectivity index (χ2n) is 14.1. The molecular formula is C34H43ClFN5O5. The molecule has 12 heteroatoms. The number of fused-ring (bicyclic) bond motifs is 2. The highest BCUT2D eigenvalue weighted by Crippen LogP contribution is 2.65. The zero-order valence-electron chi connectivity index (χ0n) is 26.4. The normalized spacial score (nSPS) is 27.0. The molecule has 2 aliphatic heterocycles. The van der Waals surface area contributed by atoms with Crippen LogP contribution in [0.3, 0.4) is 0 Å². The van der Waals surface area contributed by atoms with Gasteiger partial charge in [0.15, 0.2) is 5.78 Å². The Bertz CT molecular complexity index is 1540. The van der Waals surface area contributed by atoms with Crippen molar-refractivity contribution in [2.45, 2.75) is 83.3 Å². The van der Waals surface area contributed by atoms with Crippen LogP contribution in [0, 0.1) is 34.9 Å². The molecular weight excluding hydrogens is 613 g/mol. The largest absolute Gasteiger partial charge is 0.356 e. The SMILES string of the molecule is CC1(C)[C@@H]2[C@@H](C(=O)N[C@@H](C[C@@H]3CCCNC3=O)C(=O)CCl)N(C(=O)[C@@H](NC(=O)c3cc4c(F)cccc4[nH]3)C3CCCCC3)C[C@@H]21. The van der Waals surface area contributed by atoms with Crippen LogP contribution in [0.5, 0.6) is 0 Å². The van der Waals surface area contributed by atoms with Crippen LogP contribution in [0.2, 0.25) is 0 Å². The number of rotatable bonds is 10. The molecule has 46 heavy (non-hydrogen) atoms. The van der Waals surface area contributed by atoms with E-state index < -0.39 is 41.7 Å². The van der Waals surface area contributed by atoms with Crippen molar-refractivity contribution in [1.82, 2.24) is 25.8 Å². The van der Waals surface area contributed by atoms with Crippen LogP contribution < -0.4 is 16.0 Å². The molecule has 2 saturated heterocycles. The number of likely N-dealkylation sites (tertiary alicyclic amines) is 1. The van der Waals surface area contributed by atoms with E-state index in [2.05, 4.69) is 34.8 Å². The summed E-state index contributed by atoms with van der Waals surface area (Å²) in [6, 6.07) is 3.37. The number of H-pyrrole nitrogens is 1. The molecule has 4 aliphatic rings. The fourth-order valence-electron chi connectivity index (χ4n) is 8.27. The van der Waals surface area contributed by atoms with Crippen molar-refractivity contribution >= 4 is 51.9 Å². The second-order valence-corrected chi connectivity index (χ2v) is 14.4. The number of carbonyl (C=O) groups is 5. The summed E-state index contributed by atoms with van der Waals surface area (Å²) in [5.41, 5.74) is 0.463. The van der Waals surface area contributed by atoms with Crippen LogP contribution >= 0.6 is 11.6 Å². The molecule has 3 heterocycles. The van der Waals surface area contributed by atoms with Gasteiger partial charge in [-0.15, -0.1) is 11.6 Å². The van der Waals surface area contributed by atoms with E-state index in [1.807, 2.05) is 0 Å². The second kappa shape index (κ2) is 13.0. The van der Waals surface area contributed by atoms with Gasteiger partial charge in [0, 0.05) is 29.9 Å². The lowest BCUT2D eigenvalue weighted by molar-refractivity contribution is -0.143. The standard InChI is InChI=1S/C34H43ClFN5O5/c1-34(2)21-17-41(29(27(21)34)32(45)39-24(26(42)16-35)14-19-10-7-13-37-30(19)43)33(46)28(18-8-4-3-5-9-18)40-31(44)25-15-20-22(36)11-6-12-23(20)38-25/h6,11-12,15,18-19,21,24,27-29,38H,3-5,7-10,13-14,16-17H2,1-2H3,(H,37,43)(H,39,45)(H,40,44)/t19-,21-,24-,27-,28-,29-/m0/s1. The number of amides is 4. The van der Waals surface area contributed by atoms with Crippen LogP contribution in [0.1, 0.15) is 75.7 Å². The van der Waals surface area contributed by atoms with Crippen molar-refractivity contribution in [2.24, 2.45) is 29.1 Å². The maximum absolute atomic E-state index is 14.5. The number of benzene rings is 1. The Morgan fingerprint density at radius 1 is 1.09 bits per heavy atom. The first kappa shape index (κ1) is 32.5. The number of carbonyl (C=O) groups excluding carboxylic acids is 5. The van der Waals surface area contributed by atoms with Gasteiger partial charge < -0.3 is 25.8 Å². The average Bonchev–Trinajstić information content (AvgIpc) is 3.42. The number of hydrogen-bond acceptors (Lipinski definition) is 5. The van der Waals surface area contributed by atoms with Gasteiger partial charge in [0.1, 0.15) is 23.6 Å². The summed E-state index contributed by atoms with van der Waals surface area (Å²) < 4.78 is 14.4. The summed E-state index contributed by atoms with van der Waals surface area (Å²) in [5, 5.41) is 8.97. The highest BCUT2D eigenvalue weighted by molar-refractivity contribution is 6.28. The van der Waals surface area contributed by atoms with Crippen LogP contribution in [0.25, 0.3) is 10.9 Å². The Balaban J connectivity index is 1.24. The predicted octanol–water partition coefficient (Wildman–Crippen LogP) is 3.68. The lowest BCUT2D eigenvalue weighted by Crippen LogP contribution is -2.59. The molecule has 248 valence electrons. The molecule has 10 nitrogen and oxygen atoms in total. The van der Waals surface area contributed by atoms with Crippen LogP contribution in [-0.4, -0.2) is 76.4 Å². The zero-order chi connectivity index (χ0) is 32.7. The first-order valence-corrected chi connectivity index (χ1v) is 17.1. The molecule has 4 amide bonds. The fourth-order valence-corrected chi connectivity index (χ4v) is 8.45. The van der Waals surface area contributed by atoms with Crippen molar-refractivity contribution in [1.29, 1.82) is 0 Å². The zero-order valence-corrected chi connectivity index (χ0v) is 27.1. The molecule has 1 aromatic heterocycles. The molecule has 0 radical (unpaired) electrons.